The number of aryl methyl sites for hydroxylation is 1. The van der Waals surface area contributed by atoms with Gasteiger partial charge in [0.25, 0.3) is 5.91 Å². The molecule has 9 heteroatoms. The SMILES string of the molecule is COc1cc(/C=N\NC(=O)C(=O)Nc2ccc(C)cc2)ccc1OCC(N)=O. The van der Waals surface area contributed by atoms with E-state index in [1.807, 2.05) is 19.1 Å². The highest BCUT2D eigenvalue weighted by molar-refractivity contribution is 6.39. The molecule has 146 valence electrons. The number of amides is 3. The van der Waals surface area contributed by atoms with Crippen molar-refractivity contribution in [3.05, 3.63) is 53.6 Å². The quantitative estimate of drug-likeness (QED) is 0.372. The number of hydrazone groups is 1. The minimum absolute atomic E-state index is 0.282. The minimum Gasteiger partial charge on any atom is -0.493 e. The molecule has 0 saturated heterocycles. The van der Waals surface area contributed by atoms with E-state index in [9.17, 15) is 14.4 Å². The third kappa shape index (κ3) is 6.13. The van der Waals surface area contributed by atoms with E-state index in [0.29, 0.717) is 22.7 Å². The summed E-state index contributed by atoms with van der Waals surface area (Å²) in [5, 5.41) is 6.21. The molecule has 0 bridgehead atoms. The third-order valence-electron chi connectivity index (χ3n) is 3.45. The first-order valence-corrected chi connectivity index (χ1v) is 8.19. The number of hydrogen-bond donors (Lipinski definition) is 3. The molecule has 0 aliphatic rings. The van der Waals surface area contributed by atoms with Gasteiger partial charge in [0.1, 0.15) is 0 Å². The summed E-state index contributed by atoms with van der Waals surface area (Å²) >= 11 is 0. The van der Waals surface area contributed by atoms with Gasteiger partial charge in [0.2, 0.25) is 0 Å². The average Bonchev–Trinajstić information content (AvgIpc) is 2.68. The zero-order valence-corrected chi connectivity index (χ0v) is 15.4. The van der Waals surface area contributed by atoms with E-state index in [2.05, 4.69) is 15.8 Å². The maximum atomic E-state index is 11.8. The number of nitrogens with zero attached hydrogens (tertiary/aromatic N) is 1. The largest absolute Gasteiger partial charge is 0.493 e. The summed E-state index contributed by atoms with van der Waals surface area (Å²) < 4.78 is 10.4. The maximum Gasteiger partial charge on any atom is 0.329 e. The predicted octanol–water partition coefficient (Wildman–Crippen LogP) is 0.957. The van der Waals surface area contributed by atoms with E-state index in [0.717, 1.165) is 5.56 Å². The summed E-state index contributed by atoms with van der Waals surface area (Å²) in [4.78, 5) is 34.4. The van der Waals surface area contributed by atoms with E-state index >= 15 is 0 Å². The lowest BCUT2D eigenvalue weighted by Gasteiger charge is -2.09. The standard InChI is InChI=1S/C19H20N4O5/c1-12-3-6-14(7-4-12)22-18(25)19(26)23-21-10-13-5-8-15(16(9-13)27-2)28-11-17(20)24/h3-10H,11H2,1-2H3,(H2,20,24)(H,22,25)(H,23,26)/b21-10-. The van der Waals surface area contributed by atoms with Crippen LogP contribution in [0.2, 0.25) is 0 Å². The highest BCUT2D eigenvalue weighted by Gasteiger charge is 2.12. The molecule has 28 heavy (non-hydrogen) atoms. The van der Waals surface area contributed by atoms with Crippen molar-refractivity contribution < 1.29 is 23.9 Å². The van der Waals surface area contributed by atoms with Crippen LogP contribution in [0.3, 0.4) is 0 Å². The first-order chi connectivity index (χ1) is 13.4. The summed E-state index contributed by atoms with van der Waals surface area (Å²) in [5.41, 5.74) is 9.29. The first kappa shape index (κ1) is 20.4. The predicted molar refractivity (Wildman–Crippen MR) is 103 cm³/mol. The Morgan fingerprint density at radius 3 is 2.43 bits per heavy atom. The highest BCUT2D eigenvalue weighted by atomic mass is 16.5. The molecular weight excluding hydrogens is 364 g/mol. The van der Waals surface area contributed by atoms with Crippen LogP contribution in [0, 0.1) is 6.92 Å². The number of hydrogen-bond acceptors (Lipinski definition) is 6. The molecule has 0 aromatic heterocycles. The Morgan fingerprint density at radius 2 is 1.79 bits per heavy atom. The fourth-order valence-electron chi connectivity index (χ4n) is 2.07. The van der Waals surface area contributed by atoms with Crippen LogP contribution in [0.4, 0.5) is 5.69 Å². The molecule has 2 aromatic rings. The molecular formula is C19H20N4O5. The van der Waals surface area contributed by atoms with Crippen LogP contribution in [-0.2, 0) is 14.4 Å². The second-order valence-electron chi connectivity index (χ2n) is 5.68. The highest BCUT2D eigenvalue weighted by Crippen LogP contribution is 2.27. The van der Waals surface area contributed by atoms with E-state index in [1.54, 1.807) is 30.3 Å². The van der Waals surface area contributed by atoms with Gasteiger partial charge < -0.3 is 20.5 Å². The fourth-order valence-corrected chi connectivity index (χ4v) is 2.07. The van der Waals surface area contributed by atoms with E-state index in [4.69, 9.17) is 15.2 Å². The number of carbonyl (C=O) groups excluding carboxylic acids is 3. The molecule has 0 aliphatic carbocycles. The molecule has 4 N–H and O–H groups in total. The van der Waals surface area contributed by atoms with Gasteiger partial charge in [-0.05, 0) is 42.8 Å². The van der Waals surface area contributed by atoms with Crippen LogP contribution in [0.1, 0.15) is 11.1 Å². The smallest absolute Gasteiger partial charge is 0.329 e. The van der Waals surface area contributed by atoms with Gasteiger partial charge in [-0.1, -0.05) is 17.7 Å². The monoisotopic (exact) mass is 384 g/mol. The topological polar surface area (TPSA) is 132 Å². The Labute approximate surface area is 161 Å². The average molecular weight is 384 g/mol. The molecule has 2 aromatic carbocycles. The van der Waals surface area contributed by atoms with Crippen LogP contribution >= 0.6 is 0 Å². The lowest BCUT2D eigenvalue weighted by atomic mass is 10.2. The lowest BCUT2D eigenvalue weighted by molar-refractivity contribution is -0.136. The molecule has 0 saturated carbocycles. The Balaban J connectivity index is 1.93. The number of primary amides is 1. The number of methoxy groups -OCH3 is 1. The molecule has 0 radical (unpaired) electrons. The molecule has 3 amide bonds. The Hall–Kier alpha value is -3.88. The maximum absolute atomic E-state index is 11.8. The summed E-state index contributed by atoms with van der Waals surface area (Å²) in [6, 6.07) is 11.8. The van der Waals surface area contributed by atoms with Crippen LogP contribution in [0.5, 0.6) is 11.5 Å². The van der Waals surface area contributed by atoms with Gasteiger partial charge >= 0.3 is 11.8 Å². The normalized spacial score (nSPS) is 10.4. The first-order valence-electron chi connectivity index (χ1n) is 8.19. The fraction of sp³-hybridized carbons (Fsp3) is 0.158. The van der Waals surface area contributed by atoms with Crippen LogP contribution < -0.4 is 25.9 Å². The third-order valence-corrected chi connectivity index (χ3v) is 3.45. The van der Waals surface area contributed by atoms with Gasteiger partial charge in [0.05, 0.1) is 13.3 Å². The van der Waals surface area contributed by atoms with Crippen molar-refractivity contribution in [2.75, 3.05) is 19.0 Å². The second kappa shape index (κ2) is 9.72. The molecule has 0 atom stereocenters. The van der Waals surface area contributed by atoms with Gasteiger partial charge in [-0.15, -0.1) is 0 Å². The number of benzene rings is 2. The number of anilines is 1. The summed E-state index contributed by atoms with van der Waals surface area (Å²) in [6.07, 6.45) is 1.33. The van der Waals surface area contributed by atoms with Crippen molar-refractivity contribution >= 4 is 29.6 Å². The van der Waals surface area contributed by atoms with Crippen molar-refractivity contribution in [1.82, 2.24) is 5.43 Å². The molecule has 0 spiro atoms. The van der Waals surface area contributed by atoms with E-state index < -0.39 is 17.7 Å². The Kier molecular flexibility index (Phi) is 7.09. The number of rotatable bonds is 7. The van der Waals surface area contributed by atoms with Crippen molar-refractivity contribution in [2.45, 2.75) is 6.92 Å². The number of nitrogens with one attached hydrogen (secondary N) is 2. The molecule has 0 heterocycles. The zero-order chi connectivity index (χ0) is 20.5. The number of ether oxygens (including phenoxy) is 2. The van der Waals surface area contributed by atoms with Crippen LogP contribution in [-0.4, -0.2) is 37.7 Å². The second-order valence-corrected chi connectivity index (χ2v) is 5.68. The summed E-state index contributed by atoms with van der Waals surface area (Å²) in [7, 11) is 1.44. The van der Waals surface area contributed by atoms with Crippen LogP contribution in [0.15, 0.2) is 47.6 Å². The Morgan fingerprint density at radius 1 is 1.07 bits per heavy atom. The van der Waals surface area contributed by atoms with Gasteiger partial charge in [0, 0.05) is 5.69 Å². The lowest BCUT2D eigenvalue weighted by Crippen LogP contribution is -2.32. The molecule has 0 aliphatic heterocycles. The number of nitrogens with two attached hydrogens (primary N) is 1. The minimum atomic E-state index is -0.912. The van der Waals surface area contributed by atoms with Crippen molar-refractivity contribution in [1.29, 1.82) is 0 Å². The van der Waals surface area contributed by atoms with Crippen molar-refractivity contribution in [2.24, 2.45) is 10.8 Å². The molecule has 0 unspecified atom stereocenters. The summed E-state index contributed by atoms with van der Waals surface area (Å²) in [6.45, 7) is 1.63. The molecule has 2 rings (SSSR count). The van der Waals surface area contributed by atoms with Crippen molar-refractivity contribution in [3.8, 4) is 11.5 Å². The van der Waals surface area contributed by atoms with E-state index in [-0.39, 0.29) is 6.61 Å². The van der Waals surface area contributed by atoms with Crippen molar-refractivity contribution in [3.63, 3.8) is 0 Å². The van der Waals surface area contributed by atoms with Gasteiger partial charge in [0.15, 0.2) is 18.1 Å². The van der Waals surface area contributed by atoms with Gasteiger partial charge in [-0.25, -0.2) is 5.43 Å². The van der Waals surface area contributed by atoms with Crippen LogP contribution in [0.25, 0.3) is 0 Å². The Bertz CT molecular complexity index is 894. The van der Waals surface area contributed by atoms with E-state index in [1.165, 1.54) is 13.3 Å². The summed E-state index contributed by atoms with van der Waals surface area (Å²) in [5.74, 6) is -1.67. The number of carbonyl (C=O) groups is 3. The zero-order valence-electron chi connectivity index (χ0n) is 15.4. The molecule has 0 fully saturated rings. The van der Waals surface area contributed by atoms with Gasteiger partial charge in [-0.3, -0.25) is 14.4 Å². The molecule has 9 nitrogen and oxygen atoms in total. The van der Waals surface area contributed by atoms with Gasteiger partial charge in [-0.2, -0.15) is 5.10 Å².